The second-order valence-electron chi connectivity index (χ2n) is 8.23. The molecule has 1 atom stereocenters. The minimum Gasteiger partial charge on any atom is -0.507 e. The Morgan fingerprint density at radius 3 is 2.82 bits per heavy atom. The number of phenolic OH excluding ortho intramolecular Hbond substituents is 1. The molecule has 0 radical (unpaired) electrons. The van der Waals surface area contributed by atoms with Crippen molar-refractivity contribution in [1.29, 1.82) is 0 Å². The van der Waals surface area contributed by atoms with E-state index in [2.05, 4.69) is 11.8 Å². The molecule has 3 heterocycles. The standard InChI is InChI=1S/C24H33N3O5S/c1-5-8-26(12-16-7-9-31-14-16)22-23(32-6-2)25-27-18(15-33-24(22)27)21-19(28)10-17(13-29-3)11-20(21)30-4/h10-11,15-16,28H,5-9,12-14H2,1-4H3. The lowest BCUT2D eigenvalue weighted by molar-refractivity contribution is 0.184. The number of hydrogen-bond donors (Lipinski definition) is 1. The van der Waals surface area contributed by atoms with Crippen LogP contribution >= 0.6 is 11.3 Å². The van der Waals surface area contributed by atoms with E-state index in [1.165, 1.54) is 0 Å². The summed E-state index contributed by atoms with van der Waals surface area (Å²) in [7, 11) is 3.23. The van der Waals surface area contributed by atoms with Crippen molar-refractivity contribution in [2.45, 2.75) is 33.3 Å². The van der Waals surface area contributed by atoms with E-state index in [-0.39, 0.29) is 5.75 Å². The Hall–Kier alpha value is -2.49. The van der Waals surface area contributed by atoms with Gasteiger partial charge in [0.15, 0.2) is 0 Å². The predicted octanol–water partition coefficient (Wildman–Crippen LogP) is 4.58. The van der Waals surface area contributed by atoms with Crippen molar-refractivity contribution in [2.24, 2.45) is 5.92 Å². The zero-order chi connectivity index (χ0) is 23.4. The largest absolute Gasteiger partial charge is 0.507 e. The minimum atomic E-state index is 0.129. The highest BCUT2D eigenvalue weighted by molar-refractivity contribution is 7.16. The Kier molecular flexibility index (Phi) is 7.62. The van der Waals surface area contributed by atoms with E-state index in [1.54, 1.807) is 31.6 Å². The molecule has 1 N–H and O–H groups in total. The molecule has 0 amide bonds. The first kappa shape index (κ1) is 23.7. The average molecular weight is 476 g/mol. The molecule has 1 unspecified atom stereocenters. The number of aromatic nitrogens is 2. The molecule has 0 bridgehead atoms. The van der Waals surface area contributed by atoms with Crippen LogP contribution in [0, 0.1) is 5.92 Å². The summed E-state index contributed by atoms with van der Waals surface area (Å²) in [5, 5.41) is 17.7. The number of benzene rings is 1. The summed E-state index contributed by atoms with van der Waals surface area (Å²) in [6, 6.07) is 3.60. The molecule has 180 valence electrons. The van der Waals surface area contributed by atoms with Gasteiger partial charge in [-0.3, -0.25) is 0 Å². The van der Waals surface area contributed by atoms with Gasteiger partial charge in [-0.15, -0.1) is 16.4 Å². The molecule has 0 saturated carbocycles. The second-order valence-corrected chi connectivity index (χ2v) is 9.08. The van der Waals surface area contributed by atoms with Crippen LogP contribution in [-0.2, 0) is 16.1 Å². The lowest BCUT2D eigenvalue weighted by Gasteiger charge is -2.26. The molecular weight excluding hydrogens is 442 g/mol. The quantitative estimate of drug-likeness (QED) is 0.435. The summed E-state index contributed by atoms with van der Waals surface area (Å²) in [5.74, 6) is 1.82. The molecule has 1 saturated heterocycles. The van der Waals surface area contributed by atoms with Gasteiger partial charge in [-0.1, -0.05) is 6.92 Å². The van der Waals surface area contributed by atoms with Crippen LogP contribution in [0.5, 0.6) is 17.4 Å². The normalized spacial score (nSPS) is 15.9. The fraction of sp³-hybridized carbons (Fsp3) is 0.542. The highest BCUT2D eigenvalue weighted by Crippen LogP contribution is 2.45. The Bertz CT molecular complexity index is 1070. The van der Waals surface area contributed by atoms with Gasteiger partial charge in [0.2, 0.25) is 0 Å². The molecule has 33 heavy (non-hydrogen) atoms. The number of fused-ring (bicyclic) bond motifs is 1. The van der Waals surface area contributed by atoms with E-state index in [1.807, 2.05) is 22.9 Å². The Labute approximate surface area is 198 Å². The maximum atomic E-state index is 10.9. The minimum absolute atomic E-state index is 0.129. The fourth-order valence-corrected chi connectivity index (χ4v) is 5.41. The molecule has 1 aliphatic heterocycles. The van der Waals surface area contributed by atoms with Gasteiger partial charge in [-0.05, 0) is 37.5 Å². The Morgan fingerprint density at radius 2 is 2.15 bits per heavy atom. The van der Waals surface area contributed by atoms with Crippen molar-refractivity contribution < 1.29 is 24.1 Å². The van der Waals surface area contributed by atoms with E-state index in [4.69, 9.17) is 24.0 Å². The van der Waals surface area contributed by atoms with Gasteiger partial charge in [0.1, 0.15) is 22.0 Å². The van der Waals surface area contributed by atoms with Crippen molar-refractivity contribution >= 4 is 21.9 Å². The summed E-state index contributed by atoms with van der Waals surface area (Å²) < 4.78 is 24.3. The highest BCUT2D eigenvalue weighted by Gasteiger charge is 2.28. The van der Waals surface area contributed by atoms with Crippen molar-refractivity contribution in [3.05, 3.63) is 23.1 Å². The third-order valence-corrected chi connectivity index (χ3v) is 6.75. The summed E-state index contributed by atoms with van der Waals surface area (Å²) in [6.07, 6.45) is 2.09. The van der Waals surface area contributed by atoms with E-state index >= 15 is 0 Å². The zero-order valence-electron chi connectivity index (χ0n) is 19.8. The Balaban J connectivity index is 1.82. The molecule has 0 aliphatic carbocycles. The van der Waals surface area contributed by atoms with Gasteiger partial charge in [0.05, 0.1) is 38.2 Å². The monoisotopic (exact) mass is 475 g/mol. The second kappa shape index (κ2) is 10.6. The summed E-state index contributed by atoms with van der Waals surface area (Å²) in [4.78, 5) is 3.37. The van der Waals surface area contributed by atoms with Gasteiger partial charge in [-0.25, -0.2) is 4.52 Å². The lowest BCUT2D eigenvalue weighted by Crippen LogP contribution is -2.30. The number of phenols is 1. The van der Waals surface area contributed by atoms with Gasteiger partial charge in [0.25, 0.3) is 5.88 Å². The van der Waals surface area contributed by atoms with E-state index < -0.39 is 0 Å². The van der Waals surface area contributed by atoms with Crippen LogP contribution in [0.3, 0.4) is 0 Å². The molecule has 1 aliphatic rings. The van der Waals surface area contributed by atoms with Gasteiger partial charge < -0.3 is 29.0 Å². The molecule has 0 spiro atoms. The summed E-state index contributed by atoms with van der Waals surface area (Å²) >= 11 is 1.59. The van der Waals surface area contributed by atoms with Crippen LogP contribution in [0.15, 0.2) is 17.5 Å². The topological polar surface area (TPSA) is 77.7 Å². The maximum Gasteiger partial charge on any atom is 0.258 e. The molecule has 4 rings (SSSR count). The van der Waals surface area contributed by atoms with Crippen LogP contribution in [-0.4, -0.2) is 61.9 Å². The molecule has 1 fully saturated rings. The smallest absolute Gasteiger partial charge is 0.258 e. The van der Waals surface area contributed by atoms with Crippen LogP contribution in [0.4, 0.5) is 5.69 Å². The summed E-state index contributed by atoms with van der Waals surface area (Å²) in [6.45, 7) is 8.51. The van der Waals surface area contributed by atoms with Crippen molar-refractivity contribution in [3.63, 3.8) is 0 Å². The summed E-state index contributed by atoms with van der Waals surface area (Å²) in [5.41, 5.74) is 3.22. The van der Waals surface area contributed by atoms with Crippen LogP contribution < -0.4 is 14.4 Å². The van der Waals surface area contributed by atoms with Gasteiger partial charge in [-0.2, -0.15) is 0 Å². The number of aromatic hydroxyl groups is 1. The third kappa shape index (κ3) is 4.76. The van der Waals surface area contributed by atoms with Gasteiger partial charge >= 0.3 is 0 Å². The number of anilines is 1. The number of nitrogens with zero attached hydrogens (tertiary/aromatic N) is 3. The maximum absolute atomic E-state index is 10.9. The van der Waals surface area contributed by atoms with E-state index in [9.17, 15) is 5.11 Å². The van der Waals surface area contributed by atoms with E-state index in [0.29, 0.717) is 36.3 Å². The number of thiazole rings is 1. The SMILES string of the molecule is CCCN(CC1CCOC1)c1c(OCC)nn2c(-c3c(O)cc(COC)cc3OC)csc12. The number of ether oxygens (including phenoxy) is 4. The van der Waals surface area contributed by atoms with Crippen molar-refractivity contribution in [2.75, 3.05) is 52.0 Å². The van der Waals surface area contributed by atoms with Crippen LogP contribution in [0.1, 0.15) is 32.3 Å². The molecule has 9 heteroatoms. The number of methoxy groups -OCH3 is 2. The van der Waals surface area contributed by atoms with Crippen LogP contribution in [0.25, 0.3) is 16.1 Å². The van der Waals surface area contributed by atoms with Crippen molar-refractivity contribution in [3.8, 4) is 28.6 Å². The Morgan fingerprint density at radius 1 is 1.30 bits per heavy atom. The van der Waals surface area contributed by atoms with E-state index in [0.717, 1.165) is 60.9 Å². The molecule has 3 aromatic rings. The zero-order valence-corrected chi connectivity index (χ0v) is 20.6. The highest BCUT2D eigenvalue weighted by atomic mass is 32.1. The first-order valence-electron chi connectivity index (χ1n) is 11.5. The van der Waals surface area contributed by atoms with Crippen LogP contribution in [0.2, 0.25) is 0 Å². The molecular formula is C24H33N3O5S. The first-order valence-corrected chi connectivity index (χ1v) is 12.3. The fourth-order valence-electron chi connectivity index (χ4n) is 4.40. The number of hydrogen-bond acceptors (Lipinski definition) is 8. The average Bonchev–Trinajstić information content (AvgIpc) is 3.51. The van der Waals surface area contributed by atoms with Gasteiger partial charge in [0, 0.05) is 38.1 Å². The number of rotatable bonds is 11. The first-order chi connectivity index (χ1) is 16.1. The third-order valence-electron chi connectivity index (χ3n) is 5.82. The molecule has 2 aromatic heterocycles. The predicted molar refractivity (Wildman–Crippen MR) is 130 cm³/mol. The molecule has 8 nitrogen and oxygen atoms in total. The molecule has 1 aromatic carbocycles. The van der Waals surface area contributed by atoms with Crippen molar-refractivity contribution in [1.82, 2.24) is 9.61 Å². The lowest BCUT2D eigenvalue weighted by atomic mass is 10.1.